The van der Waals surface area contributed by atoms with Crippen LogP contribution in [0.25, 0.3) is 0 Å². The van der Waals surface area contributed by atoms with Crippen LogP contribution in [0, 0.1) is 0 Å². The Morgan fingerprint density at radius 2 is 2.06 bits per heavy atom. The number of ether oxygens (including phenoxy) is 1. The van der Waals surface area contributed by atoms with Crippen LogP contribution in [0.2, 0.25) is 0 Å². The summed E-state index contributed by atoms with van der Waals surface area (Å²) in [5, 5.41) is 0. The third-order valence-electron chi connectivity index (χ3n) is 3.88. The molecule has 2 fully saturated rings. The van der Waals surface area contributed by atoms with E-state index in [0.717, 1.165) is 32.5 Å². The molecule has 2 aliphatic heterocycles. The first-order valence-electron chi connectivity index (χ1n) is 6.79. The van der Waals surface area contributed by atoms with Crippen LogP contribution in [0.4, 0.5) is 0 Å². The highest BCUT2D eigenvalue weighted by molar-refractivity contribution is 5.81. The van der Waals surface area contributed by atoms with Crippen molar-refractivity contribution in [3.63, 3.8) is 0 Å². The number of amides is 1. The van der Waals surface area contributed by atoms with Gasteiger partial charge < -0.3 is 14.5 Å². The Balaban J connectivity index is 1.97. The van der Waals surface area contributed by atoms with Crippen LogP contribution in [-0.4, -0.2) is 61.1 Å². The number of likely N-dealkylation sites (tertiary alicyclic amines) is 1. The largest absolute Gasteiger partial charge is 0.366 e. The van der Waals surface area contributed by atoms with E-state index in [-0.39, 0.29) is 12.0 Å². The second kappa shape index (κ2) is 5.83. The summed E-state index contributed by atoms with van der Waals surface area (Å²) in [4.78, 5) is 16.6. The zero-order valence-electron chi connectivity index (χ0n) is 11.0. The van der Waals surface area contributed by atoms with Gasteiger partial charge in [-0.1, -0.05) is 12.8 Å². The first-order valence-corrected chi connectivity index (χ1v) is 6.79. The number of carbonyl (C=O) groups excluding carboxylic acids is 1. The van der Waals surface area contributed by atoms with E-state index >= 15 is 0 Å². The Bertz CT molecular complexity index is 270. The zero-order chi connectivity index (χ0) is 12.3. The summed E-state index contributed by atoms with van der Waals surface area (Å²) in [5.74, 6) is 0.200. The van der Waals surface area contributed by atoms with Crippen LogP contribution in [0.5, 0.6) is 0 Å². The Kier molecular flexibility index (Phi) is 4.40. The molecule has 0 unspecified atom stereocenters. The Labute approximate surface area is 104 Å². The Morgan fingerprint density at radius 3 is 2.82 bits per heavy atom. The topological polar surface area (TPSA) is 32.8 Å². The number of hydrogen-bond donors (Lipinski definition) is 0. The van der Waals surface area contributed by atoms with Crippen molar-refractivity contribution < 1.29 is 9.53 Å². The molecule has 0 N–H and O–H groups in total. The van der Waals surface area contributed by atoms with Crippen molar-refractivity contribution in [3.05, 3.63) is 0 Å². The highest BCUT2D eigenvalue weighted by atomic mass is 16.5. The summed E-state index contributed by atoms with van der Waals surface area (Å²) in [7, 11) is 2.05. The van der Waals surface area contributed by atoms with Gasteiger partial charge in [0.1, 0.15) is 6.10 Å². The second-order valence-corrected chi connectivity index (χ2v) is 5.35. The molecule has 0 aromatic carbocycles. The van der Waals surface area contributed by atoms with Crippen molar-refractivity contribution in [3.8, 4) is 0 Å². The third kappa shape index (κ3) is 3.19. The molecule has 0 bridgehead atoms. The van der Waals surface area contributed by atoms with Gasteiger partial charge in [0.25, 0.3) is 5.91 Å². The molecule has 2 saturated heterocycles. The summed E-state index contributed by atoms with van der Waals surface area (Å²) in [6, 6.07) is 0.376. The fourth-order valence-corrected chi connectivity index (χ4v) is 2.71. The predicted octanol–water partition coefficient (Wildman–Crippen LogP) is 1.11. The van der Waals surface area contributed by atoms with Crippen LogP contribution in [0.3, 0.4) is 0 Å². The van der Waals surface area contributed by atoms with Gasteiger partial charge in [-0.25, -0.2) is 0 Å². The van der Waals surface area contributed by atoms with E-state index in [1.54, 1.807) is 0 Å². The first kappa shape index (κ1) is 12.8. The molecule has 4 nitrogen and oxygen atoms in total. The van der Waals surface area contributed by atoms with E-state index in [4.69, 9.17) is 4.74 Å². The predicted molar refractivity (Wildman–Crippen MR) is 66.9 cm³/mol. The molecule has 0 aromatic rings. The van der Waals surface area contributed by atoms with Crippen molar-refractivity contribution >= 4 is 5.91 Å². The van der Waals surface area contributed by atoms with Crippen LogP contribution >= 0.6 is 0 Å². The lowest BCUT2D eigenvalue weighted by atomic mass is 10.1. The van der Waals surface area contributed by atoms with Gasteiger partial charge in [0.15, 0.2) is 0 Å². The highest BCUT2D eigenvalue weighted by Gasteiger charge is 2.31. The van der Waals surface area contributed by atoms with Gasteiger partial charge in [-0.3, -0.25) is 4.79 Å². The van der Waals surface area contributed by atoms with E-state index in [2.05, 4.69) is 18.9 Å². The minimum atomic E-state index is -0.241. The molecule has 2 heterocycles. The number of morpholine rings is 1. The molecule has 2 atom stereocenters. The smallest absolute Gasteiger partial charge is 0.253 e. The summed E-state index contributed by atoms with van der Waals surface area (Å²) >= 11 is 0. The van der Waals surface area contributed by atoms with Crippen LogP contribution in [-0.2, 0) is 9.53 Å². The average molecular weight is 240 g/mol. The summed E-state index contributed by atoms with van der Waals surface area (Å²) < 4.78 is 5.62. The standard InChI is InChI=1S/C13H24N2O2/c1-11-6-4-3-5-7-15(11)13(16)12-10-14(2)8-9-17-12/h11-12H,3-10H2,1-2H3/t11-,12+/m1/s1. The lowest BCUT2D eigenvalue weighted by molar-refractivity contribution is -0.150. The SMILES string of the molecule is C[C@@H]1CCCCCN1C(=O)[C@@H]1CN(C)CCO1. The van der Waals surface area contributed by atoms with Crippen molar-refractivity contribution in [1.82, 2.24) is 9.80 Å². The van der Waals surface area contributed by atoms with Crippen molar-refractivity contribution in [1.29, 1.82) is 0 Å². The van der Waals surface area contributed by atoms with Crippen molar-refractivity contribution in [2.24, 2.45) is 0 Å². The summed E-state index contributed by atoms with van der Waals surface area (Å²) in [6.45, 7) is 5.41. The summed E-state index contributed by atoms with van der Waals surface area (Å²) in [5.41, 5.74) is 0. The number of likely N-dealkylation sites (N-methyl/N-ethyl adjacent to an activating group) is 1. The molecule has 0 aromatic heterocycles. The van der Waals surface area contributed by atoms with Crippen LogP contribution in [0.1, 0.15) is 32.6 Å². The minimum absolute atomic E-state index is 0.200. The fraction of sp³-hybridized carbons (Fsp3) is 0.923. The van der Waals surface area contributed by atoms with Crippen LogP contribution in [0.15, 0.2) is 0 Å². The molecule has 1 amide bonds. The second-order valence-electron chi connectivity index (χ2n) is 5.35. The van der Waals surface area contributed by atoms with E-state index in [1.807, 2.05) is 4.90 Å². The molecule has 4 heteroatoms. The Hall–Kier alpha value is -0.610. The van der Waals surface area contributed by atoms with Crippen molar-refractivity contribution in [2.45, 2.75) is 44.8 Å². The summed E-state index contributed by atoms with van der Waals surface area (Å²) in [6.07, 6.45) is 4.53. The minimum Gasteiger partial charge on any atom is -0.366 e. The van der Waals surface area contributed by atoms with Gasteiger partial charge in [-0.15, -0.1) is 0 Å². The maximum atomic E-state index is 12.4. The van der Waals surface area contributed by atoms with Crippen molar-refractivity contribution in [2.75, 3.05) is 33.3 Å². The van der Waals surface area contributed by atoms with Crippen LogP contribution < -0.4 is 0 Å². The molecule has 0 aliphatic carbocycles. The third-order valence-corrected chi connectivity index (χ3v) is 3.88. The lowest BCUT2D eigenvalue weighted by Gasteiger charge is -2.35. The lowest BCUT2D eigenvalue weighted by Crippen LogP contribution is -2.52. The first-order chi connectivity index (χ1) is 8.18. The monoisotopic (exact) mass is 240 g/mol. The maximum absolute atomic E-state index is 12.4. The highest BCUT2D eigenvalue weighted by Crippen LogP contribution is 2.18. The Morgan fingerprint density at radius 1 is 1.24 bits per heavy atom. The average Bonchev–Trinajstić information content (AvgIpc) is 2.53. The molecule has 0 radical (unpaired) electrons. The normalized spacial score (nSPS) is 32.2. The molecule has 98 valence electrons. The van der Waals surface area contributed by atoms with Gasteiger partial charge >= 0.3 is 0 Å². The number of carbonyl (C=O) groups is 1. The van der Waals surface area contributed by atoms with Gasteiger partial charge in [-0.2, -0.15) is 0 Å². The maximum Gasteiger partial charge on any atom is 0.253 e. The van der Waals surface area contributed by atoms with Gasteiger partial charge in [0.2, 0.25) is 0 Å². The molecular weight excluding hydrogens is 216 g/mol. The number of rotatable bonds is 1. The molecule has 0 spiro atoms. The molecule has 2 rings (SSSR count). The van der Waals surface area contributed by atoms with E-state index in [1.165, 1.54) is 12.8 Å². The molecular formula is C13H24N2O2. The van der Waals surface area contributed by atoms with E-state index < -0.39 is 0 Å². The van der Waals surface area contributed by atoms with Gasteiger partial charge in [-0.05, 0) is 26.8 Å². The number of hydrogen-bond acceptors (Lipinski definition) is 3. The van der Waals surface area contributed by atoms with E-state index in [9.17, 15) is 4.79 Å². The zero-order valence-corrected chi connectivity index (χ0v) is 11.0. The van der Waals surface area contributed by atoms with Gasteiger partial charge in [0.05, 0.1) is 6.61 Å². The fourth-order valence-electron chi connectivity index (χ4n) is 2.71. The quantitative estimate of drug-likeness (QED) is 0.688. The molecule has 0 saturated carbocycles. The van der Waals surface area contributed by atoms with Gasteiger partial charge in [0, 0.05) is 25.7 Å². The van der Waals surface area contributed by atoms with E-state index in [0.29, 0.717) is 12.6 Å². The molecule has 2 aliphatic rings. The number of nitrogens with zero attached hydrogens (tertiary/aromatic N) is 2. The molecule has 17 heavy (non-hydrogen) atoms.